The molecule has 0 aromatic heterocycles. The molecule has 1 heteroatoms. The highest BCUT2D eigenvalue weighted by Crippen LogP contribution is 2.43. The van der Waals surface area contributed by atoms with Crippen LogP contribution in [-0.4, -0.2) is 5.25 Å². The van der Waals surface area contributed by atoms with Crippen molar-refractivity contribution in [3.05, 3.63) is 11.5 Å². The van der Waals surface area contributed by atoms with Crippen LogP contribution >= 0.6 is 11.8 Å². The van der Waals surface area contributed by atoms with Crippen LogP contribution in [0, 0.1) is 30.1 Å². The summed E-state index contributed by atoms with van der Waals surface area (Å²) < 4.78 is 0. The van der Waals surface area contributed by atoms with Crippen LogP contribution in [0.2, 0.25) is 0 Å². The summed E-state index contributed by atoms with van der Waals surface area (Å²) in [7, 11) is 0. The van der Waals surface area contributed by atoms with E-state index in [-0.39, 0.29) is 10.7 Å². The molecule has 0 spiro atoms. The second-order valence-corrected chi connectivity index (χ2v) is 6.41. The Labute approximate surface area is 123 Å². The molecule has 0 fully saturated rings. The maximum atomic E-state index is 5.72. The predicted octanol–water partition coefficient (Wildman–Crippen LogP) is 5.40. The largest absolute Gasteiger partial charge is 0.119 e. The Hall–Kier alpha value is -0.790. The lowest BCUT2D eigenvalue weighted by Crippen LogP contribution is -2.25. The molecule has 0 radical (unpaired) electrons. The molecule has 1 aliphatic rings. The van der Waals surface area contributed by atoms with E-state index in [1.165, 1.54) is 51.4 Å². The maximum Gasteiger partial charge on any atom is 0.0895 e. The van der Waals surface area contributed by atoms with Crippen molar-refractivity contribution in [3.8, 4) is 24.7 Å². The van der Waals surface area contributed by atoms with Gasteiger partial charge in [0.25, 0.3) is 0 Å². The zero-order chi connectivity index (χ0) is 14.0. The van der Waals surface area contributed by atoms with Gasteiger partial charge in [0.15, 0.2) is 0 Å². The van der Waals surface area contributed by atoms with Gasteiger partial charge in [-0.2, -0.15) is 0 Å². The molecule has 104 valence electrons. The Bertz CT molecular complexity index is 355. The number of rotatable bonds is 9. The van der Waals surface area contributed by atoms with Gasteiger partial charge >= 0.3 is 0 Å². The highest BCUT2D eigenvalue weighted by atomic mass is 32.2. The van der Waals surface area contributed by atoms with Crippen molar-refractivity contribution in [2.45, 2.75) is 70.0 Å². The average molecular weight is 274 g/mol. The van der Waals surface area contributed by atoms with E-state index in [2.05, 4.69) is 30.2 Å². The van der Waals surface area contributed by atoms with Crippen molar-refractivity contribution < 1.29 is 0 Å². The van der Waals surface area contributed by atoms with Gasteiger partial charge in [0, 0.05) is 0 Å². The third-order valence-electron chi connectivity index (χ3n) is 3.91. The lowest BCUT2D eigenvalue weighted by atomic mass is 9.80. The summed E-state index contributed by atoms with van der Waals surface area (Å²) in [6.07, 6.45) is 25.1. The third-order valence-corrected chi connectivity index (χ3v) is 5.03. The van der Waals surface area contributed by atoms with Crippen LogP contribution in [0.1, 0.15) is 64.7 Å². The summed E-state index contributed by atoms with van der Waals surface area (Å²) in [4.78, 5) is 0. The van der Waals surface area contributed by atoms with E-state index in [1.54, 1.807) is 11.8 Å². The van der Waals surface area contributed by atoms with Gasteiger partial charge in [0.2, 0.25) is 0 Å². The van der Waals surface area contributed by atoms with E-state index in [4.69, 9.17) is 12.8 Å². The molecule has 0 nitrogen and oxygen atoms in total. The Morgan fingerprint density at radius 1 is 1.05 bits per heavy atom. The molecule has 0 aliphatic carbocycles. The number of hydrogen-bond donors (Lipinski definition) is 0. The highest BCUT2D eigenvalue weighted by molar-refractivity contribution is 8.03. The second kappa shape index (κ2) is 9.17. The Balaban J connectivity index is 2.16. The summed E-state index contributed by atoms with van der Waals surface area (Å²) in [5.41, 5.74) is -0.179. The van der Waals surface area contributed by atoms with Crippen molar-refractivity contribution in [1.82, 2.24) is 0 Å². The van der Waals surface area contributed by atoms with Gasteiger partial charge in [-0.25, -0.2) is 0 Å². The molecular formula is C18H26S. The van der Waals surface area contributed by atoms with E-state index in [0.717, 1.165) is 6.42 Å². The monoisotopic (exact) mass is 274 g/mol. The molecule has 19 heavy (non-hydrogen) atoms. The van der Waals surface area contributed by atoms with Crippen molar-refractivity contribution in [2.24, 2.45) is 5.41 Å². The van der Waals surface area contributed by atoms with Crippen molar-refractivity contribution in [3.63, 3.8) is 0 Å². The van der Waals surface area contributed by atoms with Gasteiger partial charge in [-0.15, -0.1) is 24.6 Å². The van der Waals surface area contributed by atoms with Gasteiger partial charge in [-0.05, 0) is 11.8 Å². The molecular weight excluding hydrogens is 248 g/mol. The molecule has 0 aromatic carbocycles. The predicted molar refractivity (Wildman–Crippen MR) is 87.8 cm³/mol. The molecule has 1 heterocycles. The van der Waals surface area contributed by atoms with E-state index < -0.39 is 0 Å². The Morgan fingerprint density at radius 3 is 2.26 bits per heavy atom. The molecule has 2 atom stereocenters. The minimum absolute atomic E-state index is 0.141. The van der Waals surface area contributed by atoms with Gasteiger partial charge in [0.05, 0.1) is 10.7 Å². The van der Waals surface area contributed by atoms with Crippen LogP contribution in [0.4, 0.5) is 0 Å². The lowest BCUT2D eigenvalue weighted by molar-refractivity contribution is 0.456. The van der Waals surface area contributed by atoms with Crippen molar-refractivity contribution in [1.29, 1.82) is 0 Å². The van der Waals surface area contributed by atoms with Crippen LogP contribution in [0.15, 0.2) is 11.5 Å². The van der Waals surface area contributed by atoms with Gasteiger partial charge < -0.3 is 0 Å². The zero-order valence-corrected chi connectivity index (χ0v) is 13.0. The number of allylic oxidation sites excluding steroid dienone is 1. The molecule has 0 aromatic rings. The fraction of sp³-hybridized carbons (Fsp3) is 0.667. The van der Waals surface area contributed by atoms with E-state index in [0.29, 0.717) is 0 Å². The molecule has 0 saturated heterocycles. The van der Waals surface area contributed by atoms with E-state index >= 15 is 0 Å². The molecule has 0 saturated carbocycles. The smallest absolute Gasteiger partial charge is 0.0895 e. The highest BCUT2D eigenvalue weighted by Gasteiger charge is 2.36. The second-order valence-electron chi connectivity index (χ2n) is 5.40. The van der Waals surface area contributed by atoms with Crippen LogP contribution in [0.3, 0.4) is 0 Å². The number of terminal acetylenes is 2. The summed E-state index contributed by atoms with van der Waals surface area (Å²) >= 11 is 1.69. The van der Waals surface area contributed by atoms with Crippen LogP contribution in [-0.2, 0) is 0 Å². The molecule has 1 rings (SSSR count). The normalized spacial score (nSPS) is 25.1. The van der Waals surface area contributed by atoms with Gasteiger partial charge in [-0.3, -0.25) is 0 Å². The lowest BCUT2D eigenvalue weighted by Gasteiger charge is -2.25. The molecule has 2 unspecified atom stereocenters. The minimum Gasteiger partial charge on any atom is -0.119 e. The maximum absolute atomic E-state index is 5.72. The fourth-order valence-corrected chi connectivity index (χ4v) is 3.66. The number of hydrogen-bond acceptors (Lipinski definition) is 1. The SMILES string of the molecule is C#CC1SC=CC1(C#C)CCCCCCCCCC. The van der Waals surface area contributed by atoms with Crippen molar-refractivity contribution in [2.75, 3.05) is 0 Å². The first kappa shape index (κ1) is 16.3. The summed E-state index contributed by atoms with van der Waals surface area (Å²) in [5.74, 6) is 5.79. The first-order chi connectivity index (χ1) is 9.29. The number of thioether (sulfide) groups is 1. The first-order valence-electron chi connectivity index (χ1n) is 7.56. The average Bonchev–Trinajstić information content (AvgIpc) is 2.85. The molecule has 0 N–H and O–H groups in total. The topological polar surface area (TPSA) is 0 Å². The van der Waals surface area contributed by atoms with E-state index in [9.17, 15) is 0 Å². The van der Waals surface area contributed by atoms with E-state index in [1.807, 2.05) is 0 Å². The van der Waals surface area contributed by atoms with Gasteiger partial charge in [0.1, 0.15) is 0 Å². The Morgan fingerprint density at radius 2 is 1.68 bits per heavy atom. The zero-order valence-electron chi connectivity index (χ0n) is 12.2. The van der Waals surface area contributed by atoms with Crippen LogP contribution in [0.25, 0.3) is 0 Å². The summed E-state index contributed by atoms with van der Waals surface area (Å²) in [6.45, 7) is 2.26. The molecule has 1 aliphatic heterocycles. The molecule has 0 bridgehead atoms. The first-order valence-corrected chi connectivity index (χ1v) is 8.50. The van der Waals surface area contributed by atoms with Crippen LogP contribution in [0.5, 0.6) is 0 Å². The van der Waals surface area contributed by atoms with Crippen molar-refractivity contribution >= 4 is 11.8 Å². The quantitative estimate of drug-likeness (QED) is 0.401. The van der Waals surface area contributed by atoms with Gasteiger partial charge in [-0.1, -0.05) is 76.2 Å². The third kappa shape index (κ3) is 5.00. The van der Waals surface area contributed by atoms with Crippen LogP contribution < -0.4 is 0 Å². The standard InChI is InChI=1S/C18H26S/c1-4-7-8-9-10-11-12-13-14-18(6-3)15-16-19-17(18)5-2/h2-3,15-17H,4,7-14H2,1H3. The summed E-state index contributed by atoms with van der Waals surface area (Å²) in [5, 5.41) is 2.22. The fourth-order valence-electron chi connectivity index (χ4n) is 2.60. The molecule has 0 amide bonds. The summed E-state index contributed by atoms with van der Waals surface area (Å²) in [6, 6.07) is 0. The Kier molecular flexibility index (Phi) is 7.85. The minimum atomic E-state index is -0.179. The number of unbranched alkanes of at least 4 members (excludes halogenated alkanes) is 7.